The standard InChI is InChI=1S/C13H13NO2.C2H7N/c1-8-3-4-10-7-11(14-9(2)15)5-6-12(10)13(8)16;1-3-2/h5-7H,1,3-4H2,2H3,(H,14,15);3H,1-2H3. The van der Waals surface area contributed by atoms with Crippen LogP contribution in [0.1, 0.15) is 29.3 Å². The van der Waals surface area contributed by atoms with Crippen LogP contribution >= 0.6 is 0 Å². The highest BCUT2D eigenvalue weighted by Crippen LogP contribution is 2.26. The number of anilines is 1. The SMILES string of the molecule is C=C1CCc2cc(NC(C)=O)ccc2C1=O.CNC. The van der Waals surface area contributed by atoms with Gasteiger partial charge in [0.15, 0.2) is 5.78 Å². The first-order chi connectivity index (χ1) is 8.99. The van der Waals surface area contributed by atoms with Crippen molar-refractivity contribution < 1.29 is 9.59 Å². The molecule has 1 amide bonds. The Hall–Kier alpha value is -1.94. The molecule has 0 saturated heterocycles. The van der Waals surface area contributed by atoms with E-state index in [0.717, 1.165) is 17.7 Å². The highest BCUT2D eigenvalue weighted by Gasteiger charge is 2.20. The van der Waals surface area contributed by atoms with Crippen LogP contribution in [0.3, 0.4) is 0 Å². The van der Waals surface area contributed by atoms with Crippen molar-refractivity contribution in [2.45, 2.75) is 19.8 Å². The number of hydrogen-bond donors (Lipinski definition) is 2. The number of carbonyl (C=O) groups is 2. The smallest absolute Gasteiger partial charge is 0.221 e. The predicted molar refractivity (Wildman–Crippen MR) is 77.5 cm³/mol. The number of amides is 1. The van der Waals surface area contributed by atoms with Crippen LogP contribution in [0, 0.1) is 0 Å². The highest BCUT2D eigenvalue weighted by molar-refractivity contribution is 6.10. The van der Waals surface area contributed by atoms with Gasteiger partial charge in [-0.05, 0) is 56.3 Å². The van der Waals surface area contributed by atoms with Crippen molar-refractivity contribution >= 4 is 17.4 Å². The van der Waals surface area contributed by atoms with Gasteiger partial charge in [0.25, 0.3) is 0 Å². The van der Waals surface area contributed by atoms with Crippen LogP contribution in [0.25, 0.3) is 0 Å². The van der Waals surface area contributed by atoms with Crippen molar-refractivity contribution in [3.05, 3.63) is 41.5 Å². The quantitative estimate of drug-likeness (QED) is 0.761. The number of Topliss-reactive ketones (excluding diaryl/α,β-unsaturated/α-hetero) is 1. The van der Waals surface area contributed by atoms with Gasteiger partial charge in [0.05, 0.1) is 0 Å². The number of ketones is 1. The first-order valence-electron chi connectivity index (χ1n) is 6.21. The molecule has 0 aliphatic heterocycles. The average Bonchev–Trinajstić information content (AvgIpc) is 2.34. The third-order valence-electron chi connectivity index (χ3n) is 2.69. The van der Waals surface area contributed by atoms with E-state index in [1.54, 1.807) is 12.1 Å². The molecule has 0 spiro atoms. The summed E-state index contributed by atoms with van der Waals surface area (Å²) in [6, 6.07) is 5.37. The van der Waals surface area contributed by atoms with E-state index in [1.807, 2.05) is 20.2 Å². The van der Waals surface area contributed by atoms with Gasteiger partial charge in [-0.1, -0.05) is 6.58 Å². The summed E-state index contributed by atoms with van der Waals surface area (Å²) in [6.45, 7) is 5.21. The second-order valence-corrected chi connectivity index (χ2v) is 4.49. The average molecular weight is 260 g/mol. The van der Waals surface area contributed by atoms with Crippen LogP contribution in [0.5, 0.6) is 0 Å². The monoisotopic (exact) mass is 260 g/mol. The summed E-state index contributed by atoms with van der Waals surface area (Å²) in [7, 11) is 3.75. The van der Waals surface area contributed by atoms with Crippen molar-refractivity contribution in [2.24, 2.45) is 0 Å². The van der Waals surface area contributed by atoms with Gasteiger partial charge in [-0.3, -0.25) is 9.59 Å². The van der Waals surface area contributed by atoms with Gasteiger partial charge in [-0.25, -0.2) is 0 Å². The first-order valence-corrected chi connectivity index (χ1v) is 6.21. The Bertz CT molecular complexity index is 507. The lowest BCUT2D eigenvalue weighted by molar-refractivity contribution is -0.114. The summed E-state index contributed by atoms with van der Waals surface area (Å²) in [5.41, 5.74) is 3.11. The fraction of sp³-hybridized carbons (Fsp3) is 0.333. The first kappa shape index (κ1) is 15.1. The highest BCUT2D eigenvalue weighted by atomic mass is 16.1. The second kappa shape index (κ2) is 6.85. The number of allylic oxidation sites excluding steroid dienone is 1. The molecule has 0 atom stereocenters. The minimum Gasteiger partial charge on any atom is -0.326 e. The van der Waals surface area contributed by atoms with Gasteiger partial charge in [-0.2, -0.15) is 0 Å². The van der Waals surface area contributed by atoms with Gasteiger partial charge in [-0.15, -0.1) is 0 Å². The van der Waals surface area contributed by atoms with Crippen molar-refractivity contribution in [3.63, 3.8) is 0 Å². The van der Waals surface area contributed by atoms with E-state index in [2.05, 4.69) is 17.2 Å². The van der Waals surface area contributed by atoms with E-state index in [9.17, 15) is 9.59 Å². The van der Waals surface area contributed by atoms with Crippen molar-refractivity contribution in [1.29, 1.82) is 0 Å². The molecule has 1 aromatic carbocycles. The van der Waals surface area contributed by atoms with Gasteiger partial charge in [0.1, 0.15) is 0 Å². The molecule has 4 nitrogen and oxygen atoms in total. The van der Waals surface area contributed by atoms with Crippen LogP contribution in [-0.2, 0) is 11.2 Å². The van der Waals surface area contributed by atoms with E-state index in [-0.39, 0.29) is 11.7 Å². The molecule has 4 heteroatoms. The summed E-state index contributed by atoms with van der Waals surface area (Å²) < 4.78 is 0. The minimum absolute atomic E-state index is 0.0237. The summed E-state index contributed by atoms with van der Waals surface area (Å²) in [4.78, 5) is 22.7. The number of fused-ring (bicyclic) bond motifs is 1. The summed E-state index contributed by atoms with van der Waals surface area (Å²) in [5.74, 6) is -0.0814. The van der Waals surface area contributed by atoms with Crippen LogP contribution < -0.4 is 10.6 Å². The minimum atomic E-state index is -0.105. The van der Waals surface area contributed by atoms with Gasteiger partial charge < -0.3 is 10.6 Å². The molecule has 1 aromatic rings. The Morgan fingerprint density at radius 2 is 1.89 bits per heavy atom. The number of aryl methyl sites for hydroxylation is 1. The van der Waals surface area contributed by atoms with Crippen molar-refractivity contribution in [1.82, 2.24) is 5.32 Å². The predicted octanol–water partition coefficient (Wildman–Crippen LogP) is 2.17. The topological polar surface area (TPSA) is 58.2 Å². The molecule has 1 aliphatic carbocycles. The number of carbonyl (C=O) groups excluding carboxylic acids is 2. The third-order valence-corrected chi connectivity index (χ3v) is 2.69. The molecule has 1 aliphatic rings. The zero-order valence-electron chi connectivity index (χ0n) is 11.7. The normalized spacial score (nSPS) is 13.2. The van der Waals surface area contributed by atoms with Crippen LogP contribution in [0.2, 0.25) is 0 Å². The van der Waals surface area contributed by atoms with E-state index in [4.69, 9.17) is 0 Å². The van der Waals surface area contributed by atoms with Crippen LogP contribution in [0.15, 0.2) is 30.4 Å². The lowest BCUT2D eigenvalue weighted by Crippen LogP contribution is -2.14. The number of hydrogen-bond acceptors (Lipinski definition) is 3. The summed E-state index contributed by atoms with van der Waals surface area (Å²) in [5, 5.41) is 5.46. The molecule has 19 heavy (non-hydrogen) atoms. The Morgan fingerprint density at radius 1 is 1.26 bits per heavy atom. The molecular weight excluding hydrogens is 240 g/mol. The lowest BCUT2D eigenvalue weighted by atomic mass is 9.87. The van der Waals surface area contributed by atoms with Crippen molar-refractivity contribution in [2.75, 3.05) is 19.4 Å². The molecule has 0 heterocycles. The molecule has 0 aromatic heterocycles. The maximum absolute atomic E-state index is 11.8. The zero-order chi connectivity index (χ0) is 14.4. The molecule has 2 rings (SSSR count). The maximum Gasteiger partial charge on any atom is 0.221 e. The van der Waals surface area contributed by atoms with Crippen LogP contribution in [-0.4, -0.2) is 25.8 Å². The van der Waals surface area contributed by atoms with Crippen LogP contribution in [0.4, 0.5) is 5.69 Å². The van der Waals surface area contributed by atoms with Gasteiger partial charge >= 0.3 is 0 Å². The van der Waals surface area contributed by atoms with E-state index >= 15 is 0 Å². The Morgan fingerprint density at radius 3 is 2.47 bits per heavy atom. The molecule has 0 fully saturated rings. The zero-order valence-corrected chi connectivity index (χ0v) is 11.7. The maximum atomic E-state index is 11.8. The summed E-state index contributed by atoms with van der Waals surface area (Å²) in [6.07, 6.45) is 1.52. The van der Waals surface area contributed by atoms with E-state index < -0.39 is 0 Å². The van der Waals surface area contributed by atoms with Gasteiger partial charge in [0, 0.05) is 18.2 Å². The number of benzene rings is 1. The Labute approximate surface area is 113 Å². The lowest BCUT2D eigenvalue weighted by Gasteiger charge is -2.17. The molecule has 0 unspecified atom stereocenters. The number of rotatable bonds is 1. The second-order valence-electron chi connectivity index (χ2n) is 4.49. The van der Waals surface area contributed by atoms with E-state index in [0.29, 0.717) is 17.6 Å². The molecule has 2 N–H and O–H groups in total. The largest absolute Gasteiger partial charge is 0.326 e. The summed E-state index contributed by atoms with van der Waals surface area (Å²) >= 11 is 0. The Balaban J connectivity index is 0.000000550. The molecule has 0 saturated carbocycles. The molecule has 0 bridgehead atoms. The molecular formula is C15H20N2O2. The van der Waals surface area contributed by atoms with Gasteiger partial charge in [0.2, 0.25) is 5.91 Å². The molecule has 102 valence electrons. The molecule has 0 radical (unpaired) electrons. The Kier molecular flexibility index (Phi) is 5.45. The van der Waals surface area contributed by atoms with Crippen molar-refractivity contribution in [3.8, 4) is 0 Å². The number of nitrogens with one attached hydrogen (secondary N) is 2. The third kappa shape index (κ3) is 4.03. The fourth-order valence-corrected chi connectivity index (χ4v) is 1.89. The fourth-order valence-electron chi connectivity index (χ4n) is 1.89. The van der Waals surface area contributed by atoms with E-state index in [1.165, 1.54) is 6.92 Å².